The van der Waals surface area contributed by atoms with Crippen molar-refractivity contribution >= 4 is 28.9 Å². The first kappa shape index (κ1) is 13.2. The third-order valence-corrected chi connectivity index (χ3v) is 3.21. The molecule has 0 amide bonds. The highest BCUT2D eigenvalue weighted by Crippen LogP contribution is 2.26. The Balaban J connectivity index is 2.11. The summed E-state index contributed by atoms with van der Waals surface area (Å²) in [7, 11) is 0. The molecular formula is C14H12Cl2FN. The predicted octanol–water partition coefficient (Wildman–Crippen LogP) is 5.05. The highest BCUT2D eigenvalue weighted by atomic mass is 35.5. The second-order valence-corrected chi connectivity index (χ2v) is 4.90. The summed E-state index contributed by atoms with van der Waals surface area (Å²) in [5.74, 6) is -0.202. The van der Waals surface area contributed by atoms with E-state index in [1.807, 2.05) is 6.07 Å². The van der Waals surface area contributed by atoms with Crippen LogP contribution in [0, 0.1) is 12.7 Å². The Bertz CT molecular complexity index is 570. The van der Waals surface area contributed by atoms with Crippen molar-refractivity contribution in [2.24, 2.45) is 0 Å². The van der Waals surface area contributed by atoms with Gasteiger partial charge >= 0.3 is 0 Å². The highest BCUT2D eigenvalue weighted by molar-refractivity contribution is 6.35. The normalized spacial score (nSPS) is 10.4. The average molecular weight is 284 g/mol. The molecule has 0 aliphatic heterocycles. The van der Waals surface area contributed by atoms with Gasteiger partial charge in [-0.15, -0.1) is 0 Å². The lowest BCUT2D eigenvalue weighted by atomic mass is 10.1. The number of halogens is 3. The van der Waals surface area contributed by atoms with Crippen LogP contribution >= 0.6 is 23.2 Å². The number of benzene rings is 2. The van der Waals surface area contributed by atoms with Crippen molar-refractivity contribution in [2.45, 2.75) is 13.5 Å². The van der Waals surface area contributed by atoms with Crippen molar-refractivity contribution in [3.8, 4) is 0 Å². The minimum absolute atomic E-state index is 0.202. The van der Waals surface area contributed by atoms with Gasteiger partial charge in [0, 0.05) is 11.6 Å². The summed E-state index contributed by atoms with van der Waals surface area (Å²) in [5.41, 5.74) is 2.24. The van der Waals surface area contributed by atoms with Crippen molar-refractivity contribution < 1.29 is 4.39 Å². The van der Waals surface area contributed by atoms with E-state index in [2.05, 4.69) is 5.32 Å². The van der Waals surface area contributed by atoms with Gasteiger partial charge in [-0.05, 0) is 42.3 Å². The molecule has 1 N–H and O–H groups in total. The summed E-state index contributed by atoms with van der Waals surface area (Å²) in [4.78, 5) is 0. The maximum atomic E-state index is 13.4. The third-order valence-electron chi connectivity index (χ3n) is 2.65. The Labute approximate surface area is 116 Å². The van der Waals surface area contributed by atoms with Gasteiger partial charge in [-0.1, -0.05) is 35.3 Å². The largest absolute Gasteiger partial charge is 0.380 e. The van der Waals surface area contributed by atoms with E-state index in [0.29, 0.717) is 22.2 Å². The zero-order valence-electron chi connectivity index (χ0n) is 9.81. The van der Waals surface area contributed by atoms with Gasteiger partial charge in [-0.25, -0.2) is 4.39 Å². The van der Waals surface area contributed by atoms with E-state index in [0.717, 1.165) is 11.3 Å². The van der Waals surface area contributed by atoms with Gasteiger partial charge in [0.25, 0.3) is 0 Å². The lowest BCUT2D eigenvalue weighted by Crippen LogP contribution is -2.00. The van der Waals surface area contributed by atoms with Crippen LogP contribution in [0.15, 0.2) is 36.4 Å². The SMILES string of the molecule is Cc1ccc(CNc2cc(Cl)ccc2Cl)cc1F. The van der Waals surface area contributed by atoms with Crippen LogP contribution in [0.1, 0.15) is 11.1 Å². The maximum Gasteiger partial charge on any atom is 0.126 e. The van der Waals surface area contributed by atoms with Gasteiger partial charge in [0.1, 0.15) is 5.82 Å². The van der Waals surface area contributed by atoms with E-state index >= 15 is 0 Å². The summed E-state index contributed by atoms with van der Waals surface area (Å²) < 4.78 is 13.4. The molecule has 0 aromatic heterocycles. The van der Waals surface area contributed by atoms with Gasteiger partial charge in [-0.2, -0.15) is 0 Å². The lowest BCUT2D eigenvalue weighted by molar-refractivity contribution is 0.616. The molecule has 0 unspecified atom stereocenters. The van der Waals surface area contributed by atoms with Crippen LogP contribution in [0.5, 0.6) is 0 Å². The Morgan fingerprint density at radius 2 is 1.89 bits per heavy atom. The number of anilines is 1. The summed E-state index contributed by atoms with van der Waals surface area (Å²) >= 11 is 11.9. The molecule has 94 valence electrons. The third kappa shape index (κ3) is 3.15. The molecule has 0 bridgehead atoms. The fourth-order valence-corrected chi connectivity index (χ4v) is 1.93. The standard InChI is InChI=1S/C14H12Cl2FN/c1-9-2-3-10(6-13(9)17)8-18-14-7-11(15)4-5-12(14)16/h2-7,18H,8H2,1H3. The first-order chi connectivity index (χ1) is 8.56. The molecule has 18 heavy (non-hydrogen) atoms. The quantitative estimate of drug-likeness (QED) is 0.831. The Morgan fingerprint density at radius 3 is 2.61 bits per heavy atom. The first-order valence-corrected chi connectivity index (χ1v) is 6.26. The van der Waals surface area contributed by atoms with Crippen LogP contribution < -0.4 is 5.32 Å². The molecular weight excluding hydrogens is 272 g/mol. The minimum atomic E-state index is -0.202. The van der Waals surface area contributed by atoms with E-state index < -0.39 is 0 Å². The number of aryl methyl sites for hydroxylation is 1. The average Bonchev–Trinajstić information content (AvgIpc) is 2.34. The minimum Gasteiger partial charge on any atom is -0.380 e. The Hall–Kier alpha value is -1.25. The van der Waals surface area contributed by atoms with E-state index in [4.69, 9.17) is 23.2 Å². The molecule has 4 heteroatoms. The molecule has 2 rings (SSSR count). The van der Waals surface area contributed by atoms with Crippen LogP contribution in [0.3, 0.4) is 0 Å². The predicted molar refractivity (Wildman–Crippen MR) is 74.9 cm³/mol. The number of nitrogens with one attached hydrogen (secondary N) is 1. The lowest BCUT2D eigenvalue weighted by Gasteiger charge is -2.09. The molecule has 0 saturated carbocycles. The Kier molecular flexibility index (Phi) is 4.10. The van der Waals surface area contributed by atoms with E-state index in [1.165, 1.54) is 6.07 Å². The van der Waals surface area contributed by atoms with Crippen LogP contribution in [-0.2, 0) is 6.54 Å². The van der Waals surface area contributed by atoms with Gasteiger partial charge in [0.05, 0.1) is 10.7 Å². The topological polar surface area (TPSA) is 12.0 Å². The highest BCUT2D eigenvalue weighted by Gasteiger charge is 2.03. The van der Waals surface area contributed by atoms with Crippen LogP contribution in [0.2, 0.25) is 10.0 Å². The van der Waals surface area contributed by atoms with Gasteiger partial charge in [-0.3, -0.25) is 0 Å². The molecule has 0 atom stereocenters. The summed E-state index contributed by atoms with van der Waals surface area (Å²) in [6.07, 6.45) is 0. The first-order valence-electron chi connectivity index (χ1n) is 5.50. The smallest absolute Gasteiger partial charge is 0.126 e. The number of hydrogen-bond acceptors (Lipinski definition) is 1. The zero-order chi connectivity index (χ0) is 13.1. The van der Waals surface area contributed by atoms with E-state index in [-0.39, 0.29) is 5.82 Å². The monoisotopic (exact) mass is 283 g/mol. The van der Waals surface area contributed by atoms with Gasteiger partial charge in [0.2, 0.25) is 0 Å². The summed E-state index contributed by atoms with van der Waals surface area (Å²) in [6, 6.07) is 10.3. The maximum absolute atomic E-state index is 13.4. The molecule has 0 heterocycles. The van der Waals surface area contributed by atoms with Crippen molar-refractivity contribution in [1.82, 2.24) is 0 Å². The van der Waals surface area contributed by atoms with Crippen molar-refractivity contribution in [3.63, 3.8) is 0 Å². The van der Waals surface area contributed by atoms with Crippen LogP contribution in [-0.4, -0.2) is 0 Å². The van der Waals surface area contributed by atoms with Crippen LogP contribution in [0.25, 0.3) is 0 Å². The molecule has 2 aromatic rings. The molecule has 2 aromatic carbocycles. The van der Waals surface area contributed by atoms with Crippen molar-refractivity contribution in [3.05, 3.63) is 63.4 Å². The number of rotatable bonds is 3. The van der Waals surface area contributed by atoms with Crippen molar-refractivity contribution in [1.29, 1.82) is 0 Å². The summed E-state index contributed by atoms with van der Waals surface area (Å²) in [6.45, 7) is 2.23. The second kappa shape index (κ2) is 5.59. The van der Waals surface area contributed by atoms with Gasteiger partial charge in [0.15, 0.2) is 0 Å². The zero-order valence-corrected chi connectivity index (χ0v) is 11.3. The van der Waals surface area contributed by atoms with E-state index in [1.54, 1.807) is 31.2 Å². The fraction of sp³-hybridized carbons (Fsp3) is 0.143. The van der Waals surface area contributed by atoms with Gasteiger partial charge < -0.3 is 5.32 Å². The molecule has 0 radical (unpaired) electrons. The van der Waals surface area contributed by atoms with E-state index in [9.17, 15) is 4.39 Å². The molecule has 0 aliphatic rings. The number of hydrogen-bond donors (Lipinski definition) is 1. The molecule has 1 nitrogen and oxygen atoms in total. The molecule has 0 fully saturated rings. The second-order valence-electron chi connectivity index (χ2n) is 4.06. The van der Waals surface area contributed by atoms with Crippen LogP contribution in [0.4, 0.5) is 10.1 Å². The fourth-order valence-electron chi connectivity index (χ4n) is 1.58. The summed E-state index contributed by atoms with van der Waals surface area (Å²) in [5, 5.41) is 4.33. The molecule has 0 saturated heterocycles. The molecule has 0 spiro atoms. The Morgan fingerprint density at radius 1 is 1.11 bits per heavy atom. The molecule has 0 aliphatic carbocycles. The van der Waals surface area contributed by atoms with Crippen molar-refractivity contribution in [2.75, 3.05) is 5.32 Å².